The number of aromatic nitrogens is 1. The predicted molar refractivity (Wildman–Crippen MR) is 92.0 cm³/mol. The maximum atomic E-state index is 13.7. The van der Waals surface area contributed by atoms with E-state index in [0.717, 1.165) is 0 Å². The molecule has 0 saturated carbocycles. The SMILES string of the molecule is CCN(C(=O)c1cn(C(C)=O)c2ccc(F)cc12)C1CCS(=O)(=O)C1. The quantitative estimate of drug-likeness (QED) is 0.833. The summed E-state index contributed by atoms with van der Waals surface area (Å²) in [6.45, 7) is 3.47. The molecule has 1 aromatic heterocycles. The number of hydrogen-bond acceptors (Lipinski definition) is 4. The van der Waals surface area contributed by atoms with Gasteiger partial charge in [-0.1, -0.05) is 0 Å². The summed E-state index contributed by atoms with van der Waals surface area (Å²) in [6, 6.07) is 3.52. The van der Waals surface area contributed by atoms with E-state index in [1.54, 1.807) is 6.92 Å². The Kier molecular flexibility index (Phi) is 4.40. The average Bonchev–Trinajstić information content (AvgIpc) is 3.08. The van der Waals surface area contributed by atoms with Crippen molar-refractivity contribution in [2.75, 3.05) is 18.1 Å². The number of rotatable bonds is 3. The number of sulfone groups is 1. The van der Waals surface area contributed by atoms with Crippen molar-refractivity contribution in [2.24, 2.45) is 0 Å². The Balaban J connectivity index is 2.07. The molecule has 1 aromatic carbocycles. The van der Waals surface area contributed by atoms with Crippen molar-refractivity contribution in [1.29, 1.82) is 0 Å². The molecular weight excluding hydrogens is 347 g/mol. The lowest BCUT2D eigenvalue weighted by molar-refractivity contribution is 0.0710. The van der Waals surface area contributed by atoms with Gasteiger partial charge in [0, 0.05) is 31.1 Å². The van der Waals surface area contributed by atoms with Gasteiger partial charge in [-0.15, -0.1) is 0 Å². The summed E-state index contributed by atoms with van der Waals surface area (Å²) in [5, 5.41) is 0.347. The lowest BCUT2D eigenvalue weighted by Crippen LogP contribution is -2.40. The van der Waals surface area contributed by atoms with Gasteiger partial charge in [0.15, 0.2) is 9.84 Å². The summed E-state index contributed by atoms with van der Waals surface area (Å²) in [7, 11) is -3.14. The number of amides is 1. The fraction of sp³-hybridized carbons (Fsp3) is 0.412. The summed E-state index contributed by atoms with van der Waals surface area (Å²) in [5.41, 5.74) is 0.656. The van der Waals surface area contributed by atoms with Gasteiger partial charge in [0.1, 0.15) is 5.82 Å². The summed E-state index contributed by atoms with van der Waals surface area (Å²) in [6.07, 6.45) is 1.79. The van der Waals surface area contributed by atoms with Gasteiger partial charge in [-0.3, -0.25) is 14.2 Å². The van der Waals surface area contributed by atoms with Crippen LogP contribution in [0.1, 0.15) is 35.4 Å². The lowest BCUT2D eigenvalue weighted by atomic mass is 10.1. The first-order valence-electron chi connectivity index (χ1n) is 8.06. The summed E-state index contributed by atoms with van der Waals surface area (Å²) < 4.78 is 38.5. The van der Waals surface area contributed by atoms with Crippen LogP contribution >= 0.6 is 0 Å². The number of fused-ring (bicyclic) bond motifs is 1. The zero-order valence-electron chi connectivity index (χ0n) is 14.0. The molecule has 2 aromatic rings. The van der Waals surface area contributed by atoms with Crippen molar-refractivity contribution >= 4 is 32.6 Å². The zero-order valence-corrected chi connectivity index (χ0v) is 14.8. The van der Waals surface area contributed by atoms with E-state index >= 15 is 0 Å². The molecular formula is C17H19FN2O4S. The van der Waals surface area contributed by atoms with Crippen LogP contribution in [-0.2, 0) is 9.84 Å². The minimum Gasteiger partial charge on any atom is -0.335 e. The Morgan fingerprint density at radius 1 is 1.36 bits per heavy atom. The minimum atomic E-state index is -3.14. The molecule has 6 nitrogen and oxygen atoms in total. The highest BCUT2D eigenvalue weighted by Gasteiger charge is 2.35. The van der Waals surface area contributed by atoms with E-state index < -0.39 is 21.7 Å². The molecule has 134 valence electrons. The number of benzene rings is 1. The van der Waals surface area contributed by atoms with Gasteiger partial charge in [-0.25, -0.2) is 12.8 Å². The Bertz CT molecular complexity index is 964. The van der Waals surface area contributed by atoms with Crippen molar-refractivity contribution in [3.8, 4) is 0 Å². The van der Waals surface area contributed by atoms with Gasteiger partial charge >= 0.3 is 0 Å². The van der Waals surface area contributed by atoms with Gasteiger partial charge in [0.05, 0.1) is 22.6 Å². The molecule has 2 heterocycles. The third-order valence-corrected chi connectivity index (χ3v) is 6.34. The Labute approximate surface area is 145 Å². The predicted octanol–water partition coefficient (Wildman–Crippen LogP) is 2.09. The molecule has 1 aliphatic rings. The molecule has 3 rings (SSSR count). The maximum Gasteiger partial charge on any atom is 0.256 e. The van der Waals surface area contributed by atoms with Crippen molar-refractivity contribution in [1.82, 2.24) is 9.47 Å². The van der Waals surface area contributed by atoms with Crippen molar-refractivity contribution in [3.05, 3.63) is 35.8 Å². The molecule has 0 N–H and O–H groups in total. The zero-order chi connectivity index (χ0) is 18.4. The van der Waals surface area contributed by atoms with Crippen LogP contribution in [0.15, 0.2) is 24.4 Å². The molecule has 0 spiro atoms. The van der Waals surface area contributed by atoms with E-state index in [1.807, 2.05) is 0 Å². The standard InChI is InChI=1S/C17H19FN2O4S/c1-3-19(13-6-7-25(23,24)10-13)17(22)15-9-20(11(2)21)16-5-4-12(18)8-14(15)16/h4-5,8-9,13H,3,6-7,10H2,1-2H3. The summed E-state index contributed by atoms with van der Waals surface area (Å²) in [5.74, 6) is -1.19. The molecule has 25 heavy (non-hydrogen) atoms. The lowest BCUT2D eigenvalue weighted by Gasteiger charge is -2.26. The number of hydrogen-bond donors (Lipinski definition) is 0. The molecule has 1 unspecified atom stereocenters. The van der Waals surface area contributed by atoms with Gasteiger partial charge in [0.25, 0.3) is 5.91 Å². The van der Waals surface area contributed by atoms with Crippen molar-refractivity contribution < 1.29 is 22.4 Å². The molecule has 1 aliphatic heterocycles. The first kappa shape index (κ1) is 17.6. The second-order valence-corrected chi connectivity index (χ2v) is 8.47. The first-order chi connectivity index (χ1) is 11.7. The van der Waals surface area contributed by atoms with Crippen LogP contribution in [0.25, 0.3) is 10.9 Å². The summed E-state index contributed by atoms with van der Waals surface area (Å²) >= 11 is 0. The summed E-state index contributed by atoms with van der Waals surface area (Å²) in [4.78, 5) is 26.3. The van der Waals surface area contributed by atoms with Crippen LogP contribution < -0.4 is 0 Å². The van der Waals surface area contributed by atoms with Crippen LogP contribution in [-0.4, -0.2) is 53.8 Å². The average molecular weight is 366 g/mol. The van der Waals surface area contributed by atoms with Gasteiger partial charge < -0.3 is 4.90 Å². The topological polar surface area (TPSA) is 76.5 Å². The second kappa shape index (κ2) is 6.25. The van der Waals surface area contributed by atoms with Gasteiger partial charge in [-0.05, 0) is 31.5 Å². The Morgan fingerprint density at radius 3 is 2.64 bits per heavy atom. The number of halogens is 1. The number of carbonyl (C=O) groups excluding carboxylic acids is 2. The van der Waals surface area contributed by atoms with Crippen molar-refractivity contribution in [2.45, 2.75) is 26.3 Å². The highest BCUT2D eigenvalue weighted by molar-refractivity contribution is 7.91. The molecule has 1 amide bonds. The van der Waals surface area contributed by atoms with E-state index in [4.69, 9.17) is 0 Å². The molecule has 0 radical (unpaired) electrons. The smallest absolute Gasteiger partial charge is 0.256 e. The first-order valence-corrected chi connectivity index (χ1v) is 9.88. The van der Waals surface area contributed by atoms with Gasteiger partial charge in [0.2, 0.25) is 5.91 Å². The molecule has 0 aliphatic carbocycles. The fourth-order valence-corrected chi connectivity index (χ4v) is 5.11. The van der Waals surface area contributed by atoms with E-state index in [0.29, 0.717) is 23.9 Å². The highest BCUT2D eigenvalue weighted by atomic mass is 32.2. The van der Waals surface area contributed by atoms with Crippen LogP contribution in [0.2, 0.25) is 0 Å². The van der Waals surface area contributed by atoms with Gasteiger partial charge in [-0.2, -0.15) is 0 Å². The van der Waals surface area contributed by atoms with E-state index in [2.05, 4.69) is 0 Å². The Hall–Kier alpha value is -2.22. The minimum absolute atomic E-state index is 0.0608. The fourth-order valence-electron chi connectivity index (χ4n) is 3.38. The number of nitrogens with zero attached hydrogens (tertiary/aromatic N) is 2. The monoisotopic (exact) mass is 366 g/mol. The van der Waals surface area contributed by atoms with Crippen LogP contribution in [0.3, 0.4) is 0 Å². The van der Waals surface area contributed by atoms with Crippen LogP contribution in [0, 0.1) is 5.82 Å². The van der Waals surface area contributed by atoms with Crippen molar-refractivity contribution in [3.63, 3.8) is 0 Å². The van der Waals surface area contributed by atoms with E-state index in [-0.39, 0.29) is 28.9 Å². The van der Waals surface area contributed by atoms with E-state index in [1.165, 1.54) is 40.8 Å². The molecule has 1 saturated heterocycles. The van der Waals surface area contributed by atoms with Crippen LogP contribution in [0.4, 0.5) is 4.39 Å². The molecule has 0 bridgehead atoms. The van der Waals surface area contributed by atoms with Crippen LogP contribution in [0.5, 0.6) is 0 Å². The largest absolute Gasteiger partial charge is 0.335 e. The third-order valence-electron chi connectivity index (χ3n) is 4.59. The third kappa shape index (κ3) is 3.18. The second-order valence-electron chi connectivity index (χ2n) is 6.24. The highest BCUT2D eigenvalue weighted by Crippen LogP contribution is 2.26. The molecule has 1 atom stereocenters. The van der Waals surface area contributed by atoms with E-state index in [9.17, 15) is 22.4 Å². The Morgan fingerprint density at radius 2 is 2.08 bits per heavy atom. The maximum absolute atomic E-state index is 13.7. The molecule has 1 fully saturated rings. The number of carbonyl (C=O) groups is 2. The molecule has 8 heteroatoms. The normalized spacial score (nSPS) is 19.2.